The molecule has 1 unspecified atom stereocenters. The van der Waals surface area contributed by atoms with E-state index in [9.17, 15) is 14.7 Å². The highest BCUT2D eigenvalue weighted by Crippen LogP contribution is 2.30. The zero-order chi connectivity index (χ0) is 19.8. The molecule has 0 radical (unpaired) electrons. The van der Waals surface area contributed by atoms with Crippen LogP contribution in [0.4, 0.5) is 0 Å². The van der Waals surface area contributed by atoms with E-state index in [-0.39, 0.29) is 30.4 Å². The molecule has 0 aliphatic carbocycles. The monoisotopic (exact) mass is 439 g/mol. The average molecular weight is 440 g/mol. The predicted octanol–water partition coefficient (Wildman–Crippen LogP) is 2.31. The first-order valence-electron chi connectivity index (χ1n) is 9.21. The van der Waals surface area contributed by atoms with Crippen LogP contribution >= 0.6 is 34.3 Å². The van der Waals surface area contributed by atoms with Gasteiger partial charge < -0.3 is 20.2 Å². The molecule has 2 aliphatic heterocycles. The minimum Gasteiger partial charge on any atom is -0.396 e. The second kappa shape index (κ2) is 8.12. The Balaban J connectivity index is 1.44. The molecule has 2 aliphatic rings. The maximum atomic E-state index is 13.0. The number of hydrogen-bond donors (Lipinski definition) is 2. The van der Waals surface area contributed by atoms with E-state index in [1.54, 1.807) is 28.4 Å². The molecule has 2 atom stereocenters. The fourth-order valence-corrected chi connectivity index (χ4v) is 5.98. The summed E-state index contributed by atoms with van der Waals surface area (Å²) in [7, 11) is 2.09. The largest absolute Gasteiger partial charge is 0.396 e. The van der Waals surface area contributed by atoms with Gasteiger partial charge in [-0.25, -0.2) is 0 Å². The van der Waals surface area contributed by atoms with Crippen LogP contribution in [0.1, 0.15) is 29.8 Å². The summed E-state index contributed by atoms with van der Waals surface area (Å²) >= 11 is 8.68. The van der Waals surface area contributed by atoms with Crippen LogP contribution in [0.5, 0.6) is 0 Å². The minimum atomic E-state index is -0.275. The molecule has 0 bridgehead atoms. The number of rotatable bonds is 4. The number of aliphatic hydroxyl groups is 1. The molecule has 2 aromatic rings. The van der Waals surface area contributed by atoms with Crippen LogP contribution in [0.25, 0.3) is 0 Å². The predicted molar refractivity (Wildman–Crippen MR) is 111 cm³/mol. The SMILES string of the molecule is CN1CCc2cc(C(=O)N3CC(CO)[C@@H](NC(=O)c4ccc(Cl)s4)C3)sc2C1. The molecule has 150 valence electrons. The van der Waals surface area contributed by atoms with Gasteiger partial charge in [0.05, 0.1) is 20.1 Å². The van der Waals surface area contributed by atoms with Crippen LogP contribution in [-0.2, 0) is 13.0 Å². The maximum absolute atomic E-state index is 13.0. The maximum Gasteiger partial charge on any atom is 0.264 e. The van der Waals surface area contributed by atoms with Gasteiger partial charge in [0.25, 0.3) is 11.8 Å². The van der Waals surface area contributed by atoms with Crippen molar-refractivity contribution < 1.29 is 14.7 Å². The van der Waals surface area contributed by atoms with Crippen molar-refractivity contribution in [3.8, 4) is 0 Å². The fraction of sp³-hybridized carbons (Fsp3) is 0.474. The van der Waals surface area contributed by atoms with Crippen molar-refractivity contribution in [2.24, 2.45) is 5.92 Å². The van der Waals surface area contributed by atoms with Crippen molar-refractivity contribution in [1.82, 2.24) is 15.1 Å². The molecule has 0 aromatic carbocycles. The van der Waals surface area contributed by atoms with E-state index in [1.807, 2.05) is 6.07 Å². The van der Waals surface area contributed by atoms with Gasteiger partial charge in [-0.3, -0.25) is 9.59 Å². The van der Waals surface area contributed by atoms with Gasteiger partial charge in [-0.2, -0.15) is 0 Å². The van der Waals surface area contributed by atoms with E-state index in [1.165, 1.54) is 21.8 Å². The summed E-state index contributed by atoms with van der Waals surface area (Å²) in [5, 5.41) is 12.7. The van der Waals surface area contributed by atoms with Gasteiger partial charge in [-0.15, -0.1) is 22.7 Å². The zero-order valence-corrected chi connectivity index (χ0v) is 17.9. The molecule has 9 heteroatoms. The van der Waals surface area contributed by atoms with Crippen LogP contribution < -0.4 is 5.32 Å². The third-order valence-corrected chi connectivity index (χ3v) is 7.74. The highest BCUT2D eigenvalue weighted by Gasteiger charge is 2.37. The van der Waals surface area contributed by atoms with Crippen molar-refractivity contribution in [1.29, 1.82) is 0 Å². The number of nitrogens with one attached hydrogen (secondary N) is 1. The summed E-state index contributed by atoms with van der Waals surface area (Å²) < 4.78 is 0.555. The Hall–Kier alpha value is -1.45. The summed E-state index contributed by atoms with van der Waals surface area (Å²) in [4.78, 5) is 32.0. The number of hydrogen-bond acceptors (Lipinski definition) is 6. The Bertz CT molecular complexity index is 897. The lowest BCUT2D eigenvalue weighted by molar-refractivity contribution is 0.0782. The Kier molecular flexibility index (Phi) is 5.76. The van der Waals surface area contributed by atoms with Crippen LogP contribution in [-0.4, -0.2) is 66.1 Å². The first kappa shape index (κ1) is 19.8. The second-order valence-electron chi connectivity index (χ2n) is 7.38. The van der Waals surface area contributed by atoms with Gasteiger partial charge in [-0.1, -0.05) is 11.6 Å². The van der Waals surface area contributed by atoms with Crippen molar-refractivity contribution in [2.45, 2.75) is 19.0 Å². The lowest BCUT2D eigenvalue weighted by atomic mass is 10.1. The molecule has 1 saturated heterocycles. The number of aliphatic hydroxyl groups excluding tert-OH is 1. The van der Waals surface area contributed by atoms with Crippen molar-refractivity contribution >= 4 is 46.1 Å². The topological polar surface area (TPSA) is 72.9 Å². The van der Waals surface area contributed by atoms with Gasteiger partial charge in [0.1, 0.15) is 0 Å². The van der Waals surface area contributed by atoms with Gasteiger partial charge >= 0.3 is 0 Å². The van der Waals surface area contributed by atoms with Crippen LogP contribution in [0, 0.1) is 5.92 Å². The molecular weight excluding hydrogens is 418 g/mol. The van der Waals surface area contributed by atoms with E-state index in [0.717, 1.165) is 24.4 Å². The molecule has 4 rings (SSSR count). The normalized spacial score (nSPS) is 22.3. The van der Waals surface area contributed by atoms with Crippen LogP contribution in [0.2, 0.25) is 4.34 Å². The quantitative estimate of drug-likeness (QED) is 0.766. The first-order valence-corrected chi connectivity index (χ1v) is 11.2. The van der Waals surface area contributed by atoms with Gasteiger partial charge in [0.15, 0.2) is 0 Å². The third kappa shape index (κ3) is 3.97. The number of carbonyl (C=O) groups excluding carboxylic acids is 2. The molecule has 4 heterocycles. The Morgan fingerprint density at radius 2 is 2.11 bits per heavy atom. The number of thiophene rings is 2. The minimum absolute atomic E-state index is 0.0172. The van der Waals surface area contributed by atoms with Gasteiger partial charge in [0.2, 0.25) is 0 Å². The summed E-state index contributed by atoms with van der Waals surface area (Å²) in [6.07, 6.45) is 0.969. The van der Waals surface area contributed by atoms with Crippen LogP contribution in [0.15, 0.2) is 18.2 Å². The smallest absolute Gasteiger partial charge is 0.264 e. The zero-order valence-electron chi connectivity index (χ0n) is 15.5. The lowest BCUT2D eigenvalue weighted by Gasteiger charge is -2.21. The van der Waals surface area contributed by atoms with E-state index in [2.05, 4.69) is 17.3 Å². The van der Waals surface area contributed by atoms with Gasteiger partial charge in [-0.05, 0) is 37.2 Å². The fourth-order valence-electron chi connectivity index (χ4n) is 3.77. The van der Waals surface area contributed by atoms with E-state index >= 15 is 0 Å². The van der Waals surface area contributed by atoms with E-state index in [4.69, 9.17) is 11.6 Å². The Labute approximate surface area is 176 Å². The number of nitrogens with zero attached hydrogens (tertiary/aromatic N) is 2. The summed E-state index contributed by atoms with van der Waals surface area (Å²) in [5.74, 6) is -0.412. The van der Waals surface area contributed by atoms with Gasteiger partial charge in [0, 0.05) is 43.6 Å². The van der Waals surface area contributed by atoms with Crippen LogP contribution in [0.3, 0.4) is 0 Å². The number of fused-ring (bicyclic) bond motifs is 1. The molecule has 0 spiro atoms. The number of halogens is 1. The number of carbonyl (C=O) groups is 2. The molecule has 2 N–H and O–H groups in total. The average Bonchev–Trinajstić information content (AvgIpc) is 3.38. The molecule has 0 saturated carbocycles. The highest BCUT2D eigenvalue weighted by molar-refractivity contribution is 7.18. The van der Waals surface area contributed by atoms with Crippen molar-refractivity contribution in [3.05, 3.63) is 42.7 Å². The molecule has 28 heavy (non-hydrogen) atoms. The number of likely N-dealkylation sites (tertiary alicyclic amines) is 1. The first-order chi connectivity index (χ1) is 13.4. The number of likely N-dealkylation sites (N-methyl/N-ethyl adjacent to an activating group) is 1. The third-order valence-electron chi connectivity index (χ3n) is 5.36. The Morgan fingerprint density at radius 1 is 1.29 bits per heavy atom. The highest BCUT2D eigenvalue weighted by atomic mass is 35.5. The second-order valence-corrected chi connectivity index (χ2v) is 10.2. The number of amides is 2. The summed E-state index contributed by atoms with van der Waals surface area (Å²) in [6, 6.07) is 5.11. The Morgan fingerprint density at radius 3 is 2.82 bits per heavy atom. The molecule has 2 amide bonds. The van der Waals surface area contributed by atoms with E-state index < -0.39 is 0 Å². The standard InChI is InChI=1S/C19H22ClN3O3S2/c1-22-5-4-11-6-15(27-16(11)9-22)19(26)23-7-12(10-24)13(8-23)21-18(25)14-2-3-17(20)28-14/h2-3,6,12-13,24H,4-5,7-10H2,1H3,(H,21,25)/t12?,13-/m0/s1. The molecule has 1 fully saturated rings. The van der Waals surface area contributed by atoms with Crippen molar-refractivity contribution in [2.75, 3.05) is 33.3 Å². The summed E-state index contributed by atoms with van der Waals surface area (Å²) in [6.45, 7) is 2.65. The summed E-state index contributed by atoms with van der Waals surface area (Å²) in [5.41, 5.74) is 1.27. The molecule has 6 nitrogen and oxygen atoms in total. The lowest BCUT2D eigenvalue weighted by Crippen LogP contribution is -2.41. The van der Waals surface area contributed by atoms with Crippen molar-refractivity contribution in [3.63, 3.8) is 0 Å². The van der Waals surface area contributed by atoms with E-state index in [0.29, 0.717) is 22.3 Å². The molecule has 2 aromatic heterocycles. The molecular formula is C19H22ClN3O3S2.